The topological polar surface area (TPSA) is 32.3 Å². The Labute approximate surface area is 118 Å². The summed E-state index contributed by atoms with van der Waals surface area (Å²) < 4.78 is 36.3. The summed E-state index contributed by atoms with van der Waals surface area (Å²) in [7, 11) is 0. The molecule has 0 saturated heterocycles. The van der Waals surface area contributed by atoms with Crippen molar-refractivity contribution in [2.45, 2.75) is 18.8 Å². The molecule has 2 N–H and O–H groups in total. The Morgan fingerprint density at radius 1 is 1.15 bits per heavy atom. The fourth-order valence-electron chi connectivity index (χ4n) is 1.70. The number of benzene rings is 1. The van der Waals surface area contributed by atoms with Crippen LogP contribution in [0.15, 0.2) is 41.8 Å². The standard InChI is InChI=1S/C14H14F3NOS/c15-14(16,17)13(19)9-18-8-10-3-5-11(6-4-10)12-2-1-7-20-12/h1-7,13,18-19H,8-9H2/t13-/m1/s1. The summed E-state index contributed by atoms with van der Waals surface area (Å²) in [6.07, 6.45) is -6.90. The van der Waals surface area contributed by atoms with Gasteiger partial charge in [-0.3, -0.25) is 0 Å². The van der Waals surface area contributed by atoms with Gasteiger partial charge in [-0.05, 0) is 22.6 Å². The molecule has 2 aromatic rings. The Balaban J connectivity index is 1.86. The molecule has 0 unspecified atom stereocenters. The Kier molecular flexibility index (Phi) is 4.80. The van der Waals surface area contributed by atoms with E-state index in [0.717, 1.165) is 16.0 Å². The second-order valence-corrected chi connectivity index (χ2v) is 5.31. The van der Waals surface area contributed by atoms with Crippen molar-refractivity contribution in [2.75, 3.05) is 6.54 Å². The van der Waals surface area contributed by atoms with Gasteiger partial charge in [0.15, 0.2) is 6.10 Å². The molecule has 0 saturated carbocycles. The van der Waals surface area contributed by atoms with Gasteiger partial charge >= 0.3 is 6.18 Å². The largest absolute Gasteiger partial charge is 0.415 e. The summed E-state index contributed by atoms with van der Waals surface area (Å²) >= 11 is 1.63. The summed E-state index contributed by atoms with van der Waals surface area (Å²) in [5, 5.41) is 13.4. The molecule has 1 aromatic heterocycles. The second kappa shape index (κ2) is 6.39. The molecule has 0 spiro atoms. The third-order valence-electron chi connectivity index (χ3n) is 2.80. The first-order chi connectivity index (χ1) is 9.47. The van der Waals surface area contributed by atoms with E-state index in [9.17, 15) is 13.2 Å². The Bertz CT molecular complexity index is 522. The second-order valence-electron chi connectivity index (χ2n) is 4.36. The quantitative estimate of drug-likeness (QED) is 0.887. The molecule has 6 heteroatoms. The lowest BCUT2D eigenvalue weighted by Gasteiger charge is -2.15. The van der Waals surface area contributed by atoms with Gasteiger partial charge in [0.1, 0.15) is 0 Å². The van der Waals surface area contributed by atoms with Crippen molar-refractivity contribution < 1.29 is 18.3 Å². The molecular formula is C14H14F3NOS. The highest BCUT2D eigenvalue weighted by atomic mass is 32.1. The van der Waals surface area contributed by atoms with Crippen LogP contribution in [0.2, 0.25) is 0 Å². The van der Waals surface area contributed by atoms with Gasteiger partial charge in [-0.15, -0.1) is 11.3 Å². The molecule has 1 heterocycles. The SMILES string of the molecule is O[C@H](CNCc1ccc(-c2cccs2)cc1)C(F)(F)F. The maximum atomic E-state index is 12.1. The van der Waals surface area contributed by atoms with Gasteiger partial charge in [0, 0.05) is 18.0 Å². The average Bonchev–Trinajstić information content (AvgIpc) is 2.92. The zero-order valence-corrected chi connectivity index (χ0v) is 11.3. The predicted molar refractivity (Wildman–Crippen MR) is 73.5 cm³/mol. The van der Waals surface area contributed by atoms with Crippen LogP contribution >= 0.6 is 11.3 Å². The lowest BCUT2D eigenvalue weighted by molar-refractivity contribution is -0.201. The van der Waals surface area contributed by atoms with Gasteiger partial charge in [-0.1, -0.05) is 30.3 Å². The number of nitrogens with one attached hydrogen (secondary N) is 1. The first kappa shape index (κ1) is 15.0. The molecule has 108 valence electrons. The highest BCUT2D eigenvalue weighted by molar-refractivity contribution is 7.13. The molecule has 20 heavy (non-hydrogen) atoms. The first-order valence-corrected chi connectivity index (χ1v) is 6.93. The summed E-state index contributed by atoms with van der Waals surface area (Å²) in [6, 6.07) is 11.6. The smallest absolute Gasteiger partial charge is 0.382 e. The van der Waals surface area contributed by atoms with Crippen LogP contribution in [0.3, 0.4) is 0 Å². The van der Waals surface area contributed by atoms with Crippen LogP contribution in [0.1, 0.15) is 5.56 Å². The molecule has 2 nitrogen and oxygen atoms in total. The van der Waals surface area contributed by atoms with Gasteiger partial charge < -0.3 is 10.4 Å². The predicted octanol–water partition coefficient (Wildman–Crippen LogP) is 3.43. The summed E-state index contributed by atoms with van der Waals surface area (Å²) in [6.45, 7) is -0.214. The van der Waals surface area contributed by atoms with E-state index in [-0.39, 0.29) is 6.54 Å². The molecule has 0 amide bonds. The lowest BCUT2D eigenvalue weighted by atomic mass is 10.1. The zero-order chi connectivity index (χ0) is 14.6. The number of hydrogen-bond donors (Lipinski definition) is 2. The van der Waals surface area contributed by atoms with E-state index >= 15 is 0 Å². The van der Waals surface area contributed by atoms with E-state index < -0.39 is 18.8 Å². The third-order valence-corrected chi connectivity index (χ3v) is 3.72. The van der Waals surface area contributed by atoms with Crippen molar-refractivity contribution in [2.24, 2.45) is 0 Å². The molecule has 0 bridgehead atoms. The van der Waals surface area contributed by atoms with Crippen molar-refractivity contribution in [1.29, 1.82) is 0 Å². The molecule has 0 aliphatic rings. The molecular weight excluding hydrogens is 287 g/mol. The minimum atomic E-state index is -4.57. The van der Waals surface area contributed by atoms with Crippen molar-refractivity contribution >= 4 is 11.3 Å². The fraction of sp³-hybridized carbons (Fsp3) is 0.286. The van der Waals surface area contributed by atoms with Gasteiger partial charge in [0.2, 0.25) is 0 Å². The van der Waals surface area contributed by atoms with Gasteiger partial charge in [-0.2, -0.15) is 13.2 Å². The normalized spacial score (nSPS) is 13.4. The average molecular weight is 301 g/mol. The summed E-state index contributed by atoms with van der Waals surface area (Å²) in [5.41, 5.74) is 1.96. The monoisotopic (exact) mass is 301 g/mol. The van der Waals surface area contributed by atoms with Crippen molar-refractivity contribution in [3.8, 4) is 10.4 Å². The maximum Gasteiger partial charge on any atom is 0.415 e. The maximum absolute atomic E-state index is 12.1. The number of thiophene rings is 1. The Hall–Kier alpha value is -1.37. The molecule has 1 aromatic carbocycles. The molecule has 0 aliphatic heterocycles. The van der Waals surface area contributed by atoms with Crippen LogP contribution in [-0.4, -0.2) is 23.9 Å². The number of aliphatic hydroxyl groups is 1. The van der Waals surface area contributed by atoms with E-state index in [4.69, 9.17) is 5.11 Å². The number of rotatable bonds is 5. The number of alkyl halides is 3. The molecule has 0 radical (unpaired) electrons. The highest BCUT2D eigenvalue weighted by Crippen LogP contribution is 2.24. The van der Waals surface area contributed by atoms with Crippen molar-refractivity contribution in [1.82, 2.24) is 5.32 Å². The Morgan fingerprint density at radius 2 is 1.85 bits per heavy atom. The van der Waals surface area contributed by atoms with E-state index in [0.29, 0.717) is 0 Å². The molecule has 2 rings (SSSR count). The van der Waals surface area contributed by atoms with Crippen LogP contribution in [0, 0.1) is 0 Å². The number of hydrogen-bond acceptors (Lipinski definition) is 3. The minimum absolute atomic E-state index is 0.290. The van der Waals surface area contributed by atoms with E-state index in [1.807, 2.05) is 41.8 Å². The van der Waals surface area contributed by atoms with Crippen LogP contribution in [0.4, 0.5) is 13.2 Å². The van der Waals surface area contributed by atoms with Crippen LogP contribution < -0.4 is 5.32 Å². The Morgan fingerprint density at radius 3 is 2.40 bits per heavy atom. The minimum Gasteiger partial charge on any atom is -0.382 e. The lowest BCUT2D eigenvalue weighted by Crippen LogP contribution is -2.38. The highest BCUT2D eigenvalue weighted by Gasteiger charge is 2.37. The molecule has 0 fully saturated rings. The van der Waals surface area contributed by atoms with Gasteiger partial charge in [0.05, 0.1) is 0 Å². The fourth-order valence-corrected chi connectivity index (χ4v) is 2.43. The summed E-state index contributed by atoms with van der Waals surface area (Å²) in [5.74, 6) is 0. The van der Waals surface area contributed by atoms with Crippen LogP contribution in [0.5, 0.6) is 0 Å². The third kappa shape index (κ3) is 4.06. The first-order valence-electron chi connectivity index (χ1n) is 6.05. The van der Waals surface area contributed by atoms with E-state index in [1.54, 1.807) is 11.3 Å². The van der Waals surface area contributed by atoms with Gasteiger partial charge in [0.25, 0.3) is 0 Å². The number of halogens is 3. The molecule has 1 atom stereocenters. The van der Waals surface area contributed by atoms with Gasteiger partial charge in [-0.25, -0.2) is 0 Å². The molecule has 0 aliphatic carbocycles. The van der Waals surface area contributed by atoms with Crippen LogP contribution in [0.25, 0.3) is 10.4 Å². The van der Waals surface area contributed by atoms with Crippen molar-refractivity contribution in [3.05, 3.63) is 47.3 Å². The van der Waals surface area contributed by atoms with Crippen molar-refractivity contribution in [3.63, 3.8) is 0 Å². The summed E-state index contributed by atoms with van der Waals surface area (Å²) in [4.78, 5) is 1.15. The number of aliphatic hydroxyl groups excluding tert-OH is 1. The van der Waals surface area contributed by atoms with Crippen LogP contribution in [-0.2, 0) is 6.54 Å². The van der Waals surface area contributed by atoms with E-state index in [1.165, 1.54) is 0 Å². The zero-order valence-electron chi connectivity index (χ0n) is 10.5. The van der Waals surface area contributed by atoms with E-state index in [2.05, 4.69) is 5.32 Å².